The normalized spacial score (nSPS) is 18.2. The first kappa shape index (κ1) is 26.9. The van der Waals surface area contributed by atoms with Crippen LogP contribution in [0.25, 0.3) is 0 Å². The number of unbranched alkanes of at least 4 members (excludes halogenated alkanes) is 14. The Bertz CT molecular complexity index is 574. The van der Waals surface area contributed by atoms with Gasteiger partial charge in [0.1, 0.15) is 12.7 Å². The van der Waals surface area contributed by atoms with E-state index in [4.69, 9.17) is 14.2 Å². The minimum absolute atomic E-state index is 0.119. The molecule has 32 heavy (non-hydrogen) atoms. The lowest BCUT2D eigenvalue weighted by atomic mass is 10.0. The number of rotatable bonds is 19. The number of ether oxygens (including phenoxy) is 3. The van der Waals surface area contributed by atoms with Crippen LogP contribution in [0.4, 0.5) is 0 Å². The Labute approximate surface area is 196 Å². The summed E-state index contributed by atoms with van der Waals surface area (Å²) in [5.74, 6) is -0.119. The molecule has 0 spiro atoms. The van der Waals surface area contributed by atoms with Gasteiger partial charge in [-0.2, -0.15) is 0 Å². The van der Waals surface area contributed by atoms with Crippen molar-refractivity contribution in [3.8, 4) is 0 Å². The molecule has 1 saturated heterocycles. The maximum atomic E-state index is 12.0. The topological polar surface area (TPSA) is 44.8 Å². The van der Waals surface area contributed by atoms with Crippen LogP contribution >= 0.6 is 0 Å². The zero-order valence-electron chi connectivity index (χ0n) is 20.4. The lowest BCUT2D eigenvalue weighted by molar-refractivity contribution is -0.148. The van der Waals surface area contributed by atoms with Crippen LogP contribution in [0.3, 0.4) is 0 Å². The number of hydrogen-bond acceptors (Lipinski definition) is 4. The van der Waals surface area contributed by atoms with Gasteiger partial charge in [0.25, 0.3) is 0 Å². The molecule has 0 amide bonds. The third-order valence-corrected chi connectivity index (χ3v) is 6.24. The van der Waals surface area contributed by atoms with Crippen LogP contribution in [0.2, 0.25) is 0 Å². The van der Waals surface area contributed by atoms with E-state index in [2.05, 4.69) is 6.92 Å². The van der Waals surface area contributed by atoms with Crippen LogP contribution in [0.5, 0.6) is 0 Å². The highest BCUT2D eigenvalue weighted by Gasteiger charge is 2.28. The average Bonchev–Trinajstić information content (AvgIpc) is 3.30. The molecule has 0 radical (unpaired) electrons. The molecular formula is C28H46O4. The molecule has 1 aromatic carbocycles. The Morgan fingerprint density at radius 2 is 1.34 bits per heavy atom. The van der Waals surface area contributed by atoms with Gasteiger partial charge in [-0.05, 0) is 6.42 Å². The largest absolute Gasteiger partial charge is 0.463 e. The summed E-state index contributed by atoms with van der Waals surface area (Å²) >= 11 is 0. The SMILES string of the molecule is CCCCCCCCCCCCCCCCCC(=O)OCC1COC(c2ccccc2)O1. The first-order chi connectivity index (χ1) is 15.8. The molecule has 0 N–H and O–H groups in total. The number of carbonyl (C=O) groups is 1. The predicted molar refractivity (Wildman–Crippen MR) is 131 cm³/mol. The van der Waals surface area contributed by atoms with Crippen LogP contribution in [-0.2, 0) is 19.0 Å². The van der Waals surface area contributed by atoms with E-state index >= 15 is 0 Å². The van der Waals surface area contributed by atoms with E-state index in [1.807, 2.05) is 30.3 Å². The molecule has 2 unspecified atom stereocenters. The van der Waals surface area contributed by atoms with Crippen molar-refractivity contribution in [2.45, 2.75) is 122 Å². The van der Waals surface area contributed by atoms with Crippen molar-refractivity contribution >= 4 is 5.97 Å². The number of benzene rings is 1. The van der Waals surface area contributed by atoms with Gasteiger partial charge in [-0.3, -0.25) is 4.79 Å². The fourth-order valence-corrected chi connectivity index (χ4v) is 4.22. The molecule has 0 aromatic heterocycles. The number of carbonyl (C=O) groups excluding carboxylic acids is 1. The lowest BCUT2D eigenvalue weighted by Crippen LogP contribution is -2.20. The van der Waals surface area contributed by atoms with Crippen LogP contribution < -0.4 is 0 Å². The first-order valence-corrected chi connectivity index (χ1v) is 13.3. The van der Waals surface area contributed by atoms with E-state index < -0.39 is 0 Å². The molecule has 0 saturated carbocycles. The highest BCUT2D eigenvalue weighted by atomic mass is 16.7. The Morgan fingerprint density at radius 3 is 1.91 bits per heavy atom. The summed E-state index contributed by atoms with van der Waals surface area (Å²) in [7, 11) is 0. The van der Waals surface area contributed by atoms with Gasteiger partial charge >= 0.3 is 5.97 Å². The fraction of sp³-hybridized carbons (Fsp3) is 0.750. The summed E-state index contributed by atoms with van der Waals surface area (Å²) in [6, 6.07) is 9.86. The monoisotopic (exact) mass is 446 g/mol. The van der Waals surface area contributed by atoms with Crippen LogP contribution in [0.1, 0.15) is 122 Å². The highest BCUT2D eigenvalue weighted by molar-refractivity contribution is 5.69. The molecular weight excluding hydrogens is 400 g/mol. The van der Waals surface area contributed by atoms with Gasteiger partial charge in [-0.1, -0.05) is 127 Å². The van der Waals surface area contributed by atoms with Gasteiger partial charge in [0.15, 0.2) is 6.29 Å². The zero-order chi connectivity index (χ0) is 22.7. The maximum Gasteiger partial charge on any atom is 0.305 e. The molecule has 2 rings (SSSR count). The Kier molecular flexibility index (Phi) is 15.2. The molecule has 1 aliphatic rings. The highest BCUT2D eigenvalue weighted by Crippen LogP contribution is 2.26. The van der Waals surface area contributed by atoms with Crippen molar-refractivity contribution in [1.82, 2.24) is 0 Å². The Balaban J connectivity index is 1.33. The summed E-state index contributed by atoms with van der Waals surface area (Å²) < 4.78 is 16.9. The third kappa shape index (κ3) is 12.6. The Hall–Kier alpha value is -1.39. The molecule has 1 aliphatic heterocycles. The molecule has 4 nitrogen and oxygen atoms in total. The first-order valence-electron chi connectivity index (χ1n) is 13.3. The van der Waals surface area contributed by atoms with E-state index in [-0.39, 0.29) is 25.0 Å². The smallest absolute Gasteiger partial charge is 0.305 e. The van der Waals surface area contributed by atoms with Crippen molar-refractivity contribution in [3.63, 3.8) is 0 Å². The average molecular weight is 447 g/mol. The lowest BCUT2D eigenvalue weighted by Gasteiger charge is -2.12. The molecule has 0 aliphatic carbocycles. The molecule has 0 bridgehead atoms. The number of hydrogen-bond donors (Lipinski definition) is 0. The second-order valence-electron chi connectivity index (χ2n) is 9.22. The van der Waals surface area contributed by atoms with Gasteiger partial charge in [-0.15, -0.1) is 0 Å². The van der Waals surface area contributed by atoms with Crippen molar-refractivity contribution in [2.75, 3.05) is 13.2 Å². The fourth-order valence-electron chi connectivity index (χ4n) is 4.22. The van der Waals surface area contributed by atoms with E-state index in [9.17, 15) is 4.79 Å². The minimum Gasteiger partial charge on any atom is -0.463 e. The van der Waals surface area contributed by atoms with Crippen molar-refractivity contribution in [3.05, 3.63) is 35.9 Å². The van der Waals surface area contributed by atoms with E-state index in [1.54, 1.807) is 0 Å². The van der Waals surface area contributed by atoms with E-state index in [1.165, 1.54) is 83.5 Å². The molecule has 2 atom stereocenters. The minimum atomic E-state index is -0.351. The van der Waals surface area contributed by atoms with Gasteiger partial charge in [0.2, 0.25) is 0 Å². The summed E-state index contributed by atoms with van der Waals surface area (Å²) in [4.78, 5) is 12.0. The summed E-state index contributed by atoms with van der Waals surface area (Å²) in [6.07, 6.45) is 19.9. The molecule has 1 aromatic rings. The summed E-state index contributed by atoms with van der Waals surface area (Å²) in [5.41, 5.74) is 0.999. The molecule has 4 heteroatoms. The zero-order valence-corrected chi connectivity index (χ0v) is 20.4. The second-order valence-corrected chi connectivity index (χ2v) is 9.22. The van der Waals surface area contributed by atoms with Crippen LogP contribution in [0, 0.1) is 0 Å². The second kappa shape index (κ2) is 18.1. The van der Waals surface area contributed by atoms with Gasteiger partial charge in [0.05, 0.1) is 6.61 Å². The van der Waals surface area contributed by atoms with Gasteiger partial charge in [-0.25, -0.2) is 0 Å². The quantitative estimate of drug-likeness (QED) is 0.160. The summed E-state index contributed by atoms with van der Waals surface area (Å²) in [5, 5.41) is 0. The molecule has 182 valence electrons. The van der Waals surface area contributed by atoms with Gasteiger partial charge in [0, 0.05) is 12.0 Å². The van der Waals surface area contributed by atoms with Gasteiger partial charge < -0.3 is 14.2 Å². The van der Waals surface area contributed by atoms with Crippen molar-refractivity contribution in [1.29, 1.82) is 0 Å². The molecule has 1 fully saturated rings. The number of esters is 1. The van der Waals surface area contributed by atoms with E-state index in [0.29, 0.717) is 13.0 Å². The third-order valence-electron chi connectivity index (χ3n) is 6.24. The van der Waals surface area contributed by atoms with Crippen LogP contribution in [0.15, 0.2) is 30.3 Å². The van der Waals surface area contributed by atoms with Crippen molar-refractivity contribution in [2.24, 2.45) is 0 Å². The van der Waals surface area contributed by atoms with E-state index in [0.717, 1.165) is 18.4 Å². The maximum absolute atomic E-state index is 12.0. The predicted octanol–water partition coefficient (Wildman–Crippen LogP) is 7.91. The van der Waals surface area contributed by atoms with Crippen molar-refractivity contribution < 1.29 is 19.0 Å². The molecule has 1 heterocycles. The standard InChI is InChI=1S/C28H46O4/c1-2-3-4-5-6-7-8-9-10-11-12-13-14-15-19-22-27(29)30-23-26-24-31-28(32-26)25-20-17-16-18-21-25/h16-18,20-21,26,28H,2-15,19,22-24H2,1H3. The van der Waals surface area contributed by atoms with Crippen LogP contribution in [-0.4, -0.2) is 25.3 Å². The summed E-state index contributed by atoms with van der Waals surface area (Å²) in [6.45, 7) is 3.02. The Morgan fingerprint density at radius 1 is 0.812 bits per heavy atom.